The molecule has 1 aromatic heterocycles. The van der Waals surface area contributed by atoms with Crippen LogP contribution in [0.3, 0.4) is 0 Å². The van der Waals surface area contributed by atoms with Gasteiger partial charge in [0.25, 0.3) is 0 Å². The fourth-order valence-corrected chi connectivity index (χ4v) is 2.85. The number of hydrogen-bond donors (Lipinski definition) is 1. The molecule has 0 unspecified atom stereocenters. The minimum absolute atomic E-state index is 0.802. The van der Waals surface area contributed by atoms with Gasteiger partial charge in [-0.2, -0.15) is 0 Å². The van der Waals surface area contributed by atoms with E-state index in [9.17, 15) is 0 Å². The van der Waals surface area contributed by atoms with Crippen LogP contribution in [0.4, 0.5) is 5.69 Å². The number of fused-ring (bicyclic) bond motifs is 1. The Bertz CT molecular complexity index is 790. The van der Waals surface area contributed by atoms with Gasteiger partial charge in [0, 0.05) is 22.3 Å². The molecule has 3 nitrogen and oxygen atoms in total. The number of para-hydroxylation sites is 1. The number of nitrogen functional groups attached to an aromatic ring is 1. The summed E-state index contributed by atoms with van der Waals surface area (Å²) in [6, 6.07) is 12.2. The van der Waals surface area contributed by atoms with Crippen molar-refractivity contribution in [3.05, 3.63) is 46.4 Å². The first-order valence-corrected chi connectivity index (χ1v) is 7.42. The zero-order valence-corrected chi connectivity index (χ0v) is 13.1. The average molecular weight is 330 g/mol. The van der Waals surface area contributed by atoms with Crippen molar-refractivity contribution in [3.63, 3.8) is 0 Å². The van der Waals surface area contributed by atoms with Crippen LogP contribution in [-0.2, 0) is 6.54 Å². The first-order valence-electron chi connectivity index (χ1n) is 6.63. The van der Waals surface area contributed by atoms with E-state index in [0.29, 0.717) is 0 Å². The molecule has 0 radical (unpaired) electrons. The van der Waals surface area contributed by atoms with Gasteiger partial charge in [0.1, 0.15) is 5.82 Å². The molecule has 0 atom stereocenters. The zero-order chi connectivity index (χ0) is 14.3. The molecular formula is C16H16BrN3. The molecule has 3 aromatic rings. The molecule has 102 valence electrons. The number of nitrogens with zero attached hydrogens (tertiary/aromatic N) is 2. The zero-order valence-electron chi connectivity index (χ0n) is 11.5. The first kappa shape index (κ1) is 13.2. The number of hydrogen-bond acceptors (Lipinski definition) is 2. The first-order chi connectivity index (χ1) is 9.61. The summed E-state index contributed by atoms with van der Waals surface area (Å²) < 4.78 is 3.24. The van der Waals surface area contributed by atoms with Crippen molar-refractivity contribution in [2.24, 2.45) is 0 Å². The van der Waals surface area contributed by atoms with Crippen molar-refractivity contribution >= 4 is 32.7 Å². The van der Waals surface area contributed by atoms with Crippen molar-refractivity contribution in [2.45, 2.75) is 20.4 Å². The SMILES string of the molecule is CCn1c(-c2cccc(C)c2N)nc2cc(Br)ccc21. The molecular weight excluding hydrogens is 314 g/mol. The summed E-state index contributed by atoms with van der Waals surface area (Å²) in [5.41, 5.74) is 11.2. The molecule has 0 fully saturated rings. The predicted molar refractivity (Wildman–Crippen MR) is 87.7 cm³/mol. The van der Waals surface area contributed by atoms with Gasteiger partial charge in [-0.05, 0) is 43.7 Å². The quantitative estimate of drug-likeness (QED) is 0.709. The molecule has 4 heteroatoms. The highest BCUT2D eigenvalue weighted by molar-refractivity contribution is 9.10. The fraction of sp³-hybridized carbons (Fsp3) is 0.188. The van der Waals surface area contributed by atoms with Crippen molar-refractivity contribution in [1.29, 1.82) is 0 Å². The van der Waals surface area contributed by atoms with Gasteiger partial charge < -0.3 is 10.3 Å². The van der Waals surface area contributed by atoms with Gasteiger partial charge in [0.2, 0.25) is 0 Å². The van der Waals surface area contributed by atoms with Gasteiger partial charge in [-0.25, -0.2) is 4.98 Å². The summed E-state index contributed by atoms with van der Waals surface area (Å²) in [5, 5.41) is 0. The maximum absolute atomic E-state index is 6.23. The second-order valence-electron chi connectivity index (χ2n) is 4.85. The maximum atomic E-state index is 6.23. The summed E-state index contributed by atoms with van der Waals surface area (Å²) >= 11 is 3.50. The Labute approximate surface area is 126 Å². The molecule has 0 saturated heterocycles. The van der Waals surface area contributed by atoms with Gasteiger partial charge in [0.15, 0.2) is 0 Å². The van der Waals surface area contributed by atoms with Gasteiger partial charge in [-0.1, -0.05) is 28.1 Å². The molecule has 2 N–H and O–H groups in total. The Morgan fingerprint density at radius 1 is 1.25 bits per heavy atom. The molecule has 0 amide bonds. The van der Waals surface area contributed by atoms with Crippen LogP contribution in [-0.4, -0.2) is 9.55 Å². The van der Waals surface area contributed by atoms with Crippen LogP contribution in [0, 0.1) is 6.92 Å². The molecule has 1 heterocycles. The van der Waals surface area contributed by atoms with E-state index in [4.69, 9.17) is 10.7 Å². The number of imidazole rings is 1. The number of benzene rings is 2. The third-order valence-electron chi connectivity index (χ3n) is 3.59. The van der Waals surface area contributed by atoms with Crippen LogP contribution in [0.1, 0.15) is 12.5 Å². The van der Waals surface area contributed by atoms with E-state index in [1.54, 1.807) is 0 Å². The summed E-state index contributed by atoms with van der Waals surface area (Å²) in [4.78, 5) is 4.77. The summed E-state index contributed by atoms with van der Waals surface area (Å²) in [6.07, 6.45) is 0. The number of halogens is 1. The lowest BCUT2D eigenvalue weighted by Crippen LogP contribution is -2.01. The van der Waals surface area contributed by atoms with E-state index < -0.39 is 0 Å². The number of rotatable bonds is 2. The lowest BCUT2D eigenvalue weighted by Gasteiger charge is -2.10. The molecule has 0 spiro atoms. The van der Waals surface area contributed by atoms with E-state index in [1.807, 2.05) is 37.3 Å². The maximum Gasteiger partial charge on any atom is 0.143 e. The van der Waals surface area contributed by atoms with Gasteiger partial charge in [-0.15, -0.1) is 0 Å². The number of aryl methyl sites for hydroxylation is 2. The predicted octanol–water partition coefficient (Wildman–Crippen LogP) is 4.38. The lowest BCUT2D eigenvalue weighted by molar-refractivity contribution is 0.796. The third-order valence-corrected chi connectivity index (χ3v) is 4.08. The van der Waals surface area contributed by atoms with Crippen LogP contribution in [0.15, 0.2) is 40.9 Å². The Hall–Kier alpha value is -1.81. The molecule has 0 bridgehead atoms. The van der Waals surface area contributed by atoms with E-state index in [0.717, 1.165) is 44.7 Å². The van der Waals surface area contributed by atoms with Gasteiger partial charge in [0.05, 0.1) is 11.0 Å². The smallest absolute Gasteiger partial charge is 0.143 e. The summed E-state index contributed by atoms with van der Waals surface area (Å²) in [6.45, 7) is 5.01. The van der Waals surface area contributed by atoms with E-state index >= 15 is 0 Å². The van der Waals surface area contributed by atoms with Crippen LogP contribution in [0.5, 0.6) is 0 Å². The van der Waals surface area contributed by atoms with Crippen molar-refractivity contribution in [2.75, 3.05) is 5.73 Å². The Balaban J connectivity index is 2.33. The third kappa shape index (κ3) is 2.00. The van der Waals surface area contributed by atoms with Crippen molar-refractivity contribution in [3.8, 4) is 11.4 Å². The molecule has 2 aromatic carbocycles. The van der Waals surface area contributed by atoms with Crippen molar-refractivity contribution < 1.29 is 0 Å². The summed E-state index contributed by atoms with van der Waals surface area (Å²) in [5.74, 6) is 0.932. The van der Waals surface area contributed by atoms with Gasteiger partial charge in [-0.3, -0.25) is 0 Å². The number of aromatic nitrogens is 2. The Morgan fingerprint density at radius 2 is 2.05 bits per heavy atom. The van der Waals surface area contributed by atoms with E-state index in [-0.39, 0.29) is 0 Å². The molecule has 0 aliphatic rings. The largest absolute Gasteiger partial charge is 0.398 e. The normalized spacial score (nSPS) is 11.2. The highest BCUT2D eigenvalue weighted by Gasteiger charge is 2.14. The second-order valence-corrected chi connectivity index (χ2v) is 5.76. The standard InChI is InChI=1S/C16H16BrN3/c1-3-20-14-8-7-11(17)9-13(14)19-16(20)12-6-4-5-10(2)15(12)18/h4-9H,3,18H2,1-2H3. The molecule has 0 aliphatic heterocycles. The Morgan fingerprint density at radius 3 is 2.80 bits per heavy atom. The minimum atomic E-state index is 0.802. The monoisotopic (exact) mass is 329 g/mol. The van der Waals surface area contributed by atoms with Gasteiger partial charge >= 0.3 is 0 Å². The van der Waals surface area contributed by atoms with Crippen molar-refractivity contribution in [1.82, 2.24) is 9.55 Å². The highest BCUT2D eigenvalue weighted by Crippen LogP contribution is 2.31. The molecule has 0 saturated carbocycles. The van der Waals surface area contributed by atoms with Crippen LogP contribution >= 0.6 is 15.9 Å². The molecule has 0 aliphatic carbocycles. The van der Waals surface area contributed by atoms with E-state index in [1.165, 1.54) is 0 Å². The second kappa shape index (κ2) is 4.94. The summed E-state index contributed by atoms with van der Waals surface area (Å²) in [7, 11) is 0. The molecule has 20 heavy (non-hydrogen) atoms. The minimum Gasteiger partial charge on any atom is -0.398 e. The highest BCUT2D eigenvalue weighted by atomic mass is 79.9. The molecule has 3 rings (SSSR count). The number of nitrogens with two attached hydrogens (primary N) is 1. The van der Waals surface area contributed by atoms with Crippen LogP contribution in [0.2, 0.25) is 0 Å². The lowest BCUT2D eigenvalue weighted by atomic mass is 10.1. The Kier molecular flexibility index (Phi) is 3.26. The van der Waals surface area contributed by atoms with E-state index in [2.05, 4.69) is 33.5 Å². The fourth-order valence-electron chi connectivity index (χ4n) is 2.50. The van der Waals surface area contributed by atoms with Crippen LogP contribution < -0.4 is 5.73 Å². The average Bonchev–Trinajstić information content (AvgIpc) is 2.79. The van der Waals surface area contributed by atoms with Crippen LogP contribution in [0.25, 0.3) is 22.4 Å². The topological polar surface area (TPSA) is 43.8 Å². The number of anilines is 1.